The maximum Gasteiger partial charge on any atom is 0.229 e. The third-order valence-corrected chi connectivity index (χ3v) is 5.96. The van der Waals surface area contributed by atoms with Gasteiger partial charge in [-0.25, -0.2) is 0 Å². The Balaban J connectivity index is 0.000000469. The van der Waals surface area contributed by atoms with Gasteiger partial charge in [0, 0.05) is 65.0 Å². The molecule has 3 aliphatic rings. The van der Waals surface area contributed by atoms with Crippen LogP contribution in [0.2, 0.25) is 0 Å². The van der Waals surface area contributed by atoms with E-state index in [0.717, 1.165) is 76.4 Å². The molecule has 4 heterocycles. The smallest absolute Gasteiger partial charge is 0.229 e. The summed E-state index contributed by atoms with van der Waals surface area (Å²) in [7, 11) is 0. The summed E-state index contributed by atoms with van der Waals surface area (Å²) in [5.74, 6) is 3.18. The van der Waals surface area contributed by atoms with Crippen molar-refractivity contribution in [2.75, 3.05) is 73.7 Å². The van der Waals surface area contributed by atoms with E-state index >= 15 is 0 Å². The first kappa shape index (κ1) is 28.0. The summed E-state index contributed by atoms with van der Waals surface area (Å²) in [4.78, 5) is 17.0. The van der Waals surface area contributed by atoms with Crippen LogP contribution in [0.3, 0.4) is 0 Å². The number of aliphatic hydroxyl groups excluding tert-OH is 1. The highest BCUT2D eigenvalue weighted by Crippen LogP contribution is 2.27. The molecule has 0 spiro atoms. The number of nitrogens with zero attached hydrogens (tertiary/aromatic N) is 5. The highest BCUT2D eigenvalue weighted by molar-refractivity contribution is 5.85. The summed E-state index contributed by atoms with van der Waals surface area (Å²) in [5, 5.41) is 11.7. The molecule has 0 aromatic carbocycles. The standard InChI is InChI=1S/C16H26N6.C6H14O.2ClH/c1-2-8-20(7-1)14-13-15(21-11-5-17-6-12-21)19-16(18-14)22-9-3-4-10-22;1-2-3-4-5-6-7;;/h13,17H,1-12H2;7H,2-6H2,1H3;2*1H. The average molecular weight is 478 g/mol. The van der Waals surface area contributed by atoms with Crippen LogP contribution >= 0.6 is 24.8 Å². The monoisotopic (exact) mass is 476 g/mol. The molecule has 3 fully saturated rings. The first-order valence-electron chi connectivity index (χ1n) is 11.8. The molecule has 0 unspecified atom stereocenters. The number of hydrogen-bond acceptors (Lipinski definition) is 7. The van der Waals surface area contributed by atoms with Crippen LogP contribution in [0.1, 0.15) is 58.3 Å². The zero-order chi connectivity index (χ0) is 20.3. The van der Waals surface area contributed by atoms with Gasteiger partial charge < -0.3 is 25.1 Å². The summed E-state index contributed by atoms with van der Waals surface area (Å²) >= 11 is 0. The van der Waals surface area contributed by atoms with E-state index in [1.54, 1.807) is 0 Å². The molecule has 1 aromatic heterocycles. The van der Waals surface area contributed by atoms with Crippen molar-refractivity contribution < 1.29 is 5.11 Å². The molecule has 1 aromatic rings. The molecule has 0 saturated carbocycles. The zero-order valence-corrected chi connectivity index (χ0v) is 20.7. The summed E-state index contributed by atoms with van der Waals surface area (Å²) in [6.45, 7) is 11.2. The van der Waals surface area contributed by atoms with Gasteiger partial charge in [0.25, 0.3) is 0 Å². The lowest BCUT2D eigenvalue weighted by Gasteiger charge is -2.30. The van der Waals surface area contributed by atoms with Crippen LogP contribution in [0, 0.1) is 0 Å². The van der Waals surface area contributed by atoms with Crippen molar-refractivity contribution in [2.24, 2.45) is 0 Å². The van der Waals surface area contributed by atoms with Crippen LogP contribution < -0.4 is 20.0 Å². The van der Waals surface area contributed by atoms with Crippen LogP contribution in [0.15, 0.2) is 6.07 Å². The highest BCUT2D eigenvalue weighted by Gasteiger charge is 2.22. The molecule has 0 atom stereocenters. The van der Waals surface area contributed by atoms with Crippen molar-refractivity contribution >= 4 is 42.4 Å². The molecule has 7 nitrogen and oxygen atoms in total. The minimum Gasteiger partial charge on any atom is -0.396 e. The van der Waals surface area contributed by atoms with Gasteiger partial charge in [-0.05, 0) is 32.1 Å². The van der Waals surface area contributed by atoms with E-state index in [2.05, 4.69) is 33.0 Å². The van der Waals surface area contributed by atoms with E-state index in [1.807, 2.05) is 0 Å². The third kappa shape index (κ3) is 8.79. The minimum absolute atomic E-state index is 0. The van der Waals surface area contributed by atoms with Gasteiger partial charge in [-0.15, -0.1) is 24.8 Å². The molecule has 31 heavy (non-hydrogen) atoms. The van der Waals surface area contributed by atoms with Gasteiger partial charge >= 0.3 is 0 Å². The number of anilines is 3. The van der Waals surface area contributed by atoms with Crippen LogP contribution in [-0.4, -0.2) is 74.0 Å². The summed E-state index contributed by atoms with van der Waals surface area (Å²) in [6.07, 6.45) is 9.78. The number of halogens is 2. The molecule has 2 N–H and O–H groups in total. The number of aliphatic hydroxyl groups is 1. The van der Waals surface area contributed by atoms with Crippen molar-refractivity contribution in [3.05, 3.63) is 6.07 Å². The molecule has 0 bridgehead atoms. The van der Waals surface area contributed by atoms with Gasteiger partial charge in [-0.2, -0.15) is 9.97 Å². The predicted molar refractivity (Wildman–Crippen MR) is 136 cm³/mol. The Morgan fingerprint density at radius 3 is 1.81 bits per heavy atom. The number of aromatic nitrogens is 2. The quantitative estimate of drug-likeness (QED) is 0.583. The molecular formula is C22H42Cl2N6O. The SMILES string of the molecule is CCCCCCO.Cl.Cl.c1c(N2CCCC2)nc(N2CCCC2)nc1N1CCNCC1. The Labute approximate surface area is 200 Å². The summed E-state index contributed by atoms with van der Waals surface area (Å²) < 4.78 is 0. The second-order valence-electron chi connectivity index (χ2n) is 8.29. The van der Waals surface area contributed by atoms with Gasteiger partial charge in [-0.3, -0.25) is 0 Å². The largest absolute Gasteiger partial charge is 0.396 e. The Morgan fingerprint density at radius 2 is 1.29 bits per heavy atom. The molecule has 9 heteroatoms. The van der Waals surface area contributed by atoms with E-state index in [9.17, 15) is 0 Å². The second kappa shape index (κ2) is 15.7. The summed E-state index contributed by atoms with van der Waals surface area (Å²) in [5.41, 5.74) is 0. The Bertz CT molecular complexity index is 553. The normalized spacial score (nSPS) is 18.2. The molecule has 3 aliphatic heterocycles. The maximum atomic E-state index is 8.29. The Hall–Kier alpha value is -1.02. The van der Waals surface area contributed by atoms with Gasteiger partial charge in [-0.1, -0.05) is 26.2 Å². The van der Waals surface area contributed by atoms with E-state index in [-0.39, 0.29) is 24.8 Å². The molecule has 0 radical (unpaired) electrons. The average Bonchev–Trinajstić information content (AvgIpc) is 3.49. The van der Waals surface area contributed by atoms with E-state index < -0.39 is 0 Å². The topological polar surface area (TPSA) is 67.8 Å². The number of rotatable bonds is 7. The summed E-state index contributed by atoms with van der Waals surface area (Å²) in [6, 6.07) is 2.20. The zero-order valence-electron chi connectivity index (χ0n) is 19.1. The van der Waals surface area contributed by atoms with Crippen LogP contribution in [0.4, 0.5) is 17.6 Å². The molecular weight excluding hydrogens is 435 g/mol. The number of hydrogen-bond donors (Lipinski definition) is 2. The first-order valence-corrected chi connectivity index (χ1v) is 11.8. The van der Waals surface area contributed by atoms with Crippen molar-refractivity contribution in [1.82, 2.24) is 15.3 Å². The lowest BCUT2D eigenvalue weighted by atomic mass is 10.2. The van der Waals surface area contributed by atoms with E-state index in [0.29, 0.717) is 6.61 Å². The van der Waals surface area contributed by atoms with Gasteiger partial charge in [0.1, 0.15) is 11.6 Å². The van der Waals surface area contributed by atoms with Gasteiger partial charge in [0.15, 0.2) is 0 Å². The van der Waals surface area contributed by atoms with Crippen molar-refractivity contribution in [2.45, 2.75) is 58.3 Å². The van der Waals surface area contributed by atoms with Crippen molar-refractivity contribution in [1.29, 1.82) is 0 Å². The van der Waals surface area contributed by atoms with Crippen molar-refractivity contribution in [3.63, 3.8) is 0 Å². The number of piperazine rings is 1. The lowest BCUT2D eigenvalue weighted by molar-refractivity contribution is 0.283. The fourth-order valence-corrected chi connectivity index (χ4v) is 4.17. The van der Waals surface area contributed by atoms with Gasteiger partial charge in [0.2, 0.25) is 5.95 Å². The third-order valence-electron chi connectivity index (χ3n) is 5.96. The van der Waals surface area contributed by atoms with Crippen LogP contribution in [0.5, 0.6) is 0 Å². The number of unbranched alkanes of at least 4 members (excludes halogenated alkanes) is 3. The Kier molecular flexibility index (Phi) is 14.2. The van der Waals surface area contributed by atoms with Crippen LogP contribution in [-0.2, 0) is 0 Å². The molecule has 0 aliphatic carbocycles. The first-order chi connectivity index (χ1) is 14.3. The fourth-order valence-electron chi connectivity index (χ4n) is 4.17. The molecule has 0 amide bonds. The van der Waals surface area contributed by atoms with E-state index in [1.165, 1.54) is 44.9 Å². The maximum absolute atomic E-state index is 8.29. The van der Waals surface area contributed by atoms with Crippen molar-refractivity contribution in [3.8, 4) is 0 Å². The molecule has 3 saturated heterocycles. The predicted octanol–water partition coefficient (Wildman–Crippen LogP) is 3.49. The second-order valence-corrected chi connectivity index (χ2v) is 8.29. The Morgan fingerprint density at radius 1 is 0.774 bits per heavy atom. The highest BCUT2D eigenvalue weighted by atomic mass is 35.5. The van der Waals surface area contributed by atoms with Gasteiger partial charge in [0.05, 0.1) is 0 Å². The molecule has 180 valence electrons. The lowest BCUT2D eigenvalue weighted by Crippen LogP contribution is -2.44. The molecule has 4 rings (SSSR count). The van der Waals surface area contributed by atoms with Crippen LogP contribution in [0.25, 0.3) is 0 Å². The minimum atomic E-state index is 0. The number of nitrogens with one attached hydrogen (secondary N) is 1. The van der Waals surface area contributed by atoms with E-state index in [4.69, 9.17) is 15.1 Å². The fraction of sp³-hybridized carbons (Fsp3) is 0.818.